The van der Waals surface area contributed by atoms with Crippen molar-refractivity contribution in [3.8, 4) is 0 Å². The van der Waals surface area contributed by atoms with Gasteiger partial charge in [-0.3, -0.25) is 4.79 Å². The molecule has 0 spiro atoms. The van der Waals surface area contributed by atoms with Crippen LogP contribution in [-0.4, -0.2) is 37.1 Å². The molecule has 0 bridgehead atoms. The maximum atomic E-state index is 10.9. The lowest BCUT2D eigenvalue weighted by molar-refractivity contribution is -0.137. The number of nitrogens with zero attached hydrogens (tertiary/aromatic N) is 3. The summed E-state index contributed by atoms with van der Waals surface area (Å²) in [6.07, 6.45) is 2.38. The molecule has 0 aliphatic heterocycles. The molecule has 1 saturated carbocycles. The van der Waals surface area contributed by atoms with E-state index in [0.717, 1.165) is 12.8 Å². The Morgan fingerprint density at radius 2 is 2.06 bits per heavy atom. The maximum absolute atomic E-state index is 10.9. The summed E-state index contributed by atoms with van der Waals surface area (Å²) in [6, 6.07) is 0. The minimum atomic E-state index is -1.07. The number of carbonyl (C=O) groups is 2. The van der Waals surface area contributed by atoms with Gasteiger partial charge in [0, 0.05) is 18.9 Å². The first-order valence-corrected chi connectivity index (χ1v) is 5.48. The molecule has 1 fully saturated rings. The molecule has 2 rings (SSSR count). The maximum Gasteiger partial charge on any atom is 0.358 e. The molecule has 0 radical (unpaired) electrons. The van der Waals surface area contributed by atoms with Crippen LogP contribution in [0.5, 0.6) is 0 Å². The Labute approximate surface area is 97.1 Å². The fourth-order valence-electron chi connectivity index (χ4n) is 1.78. The molecule has 1 aromatic rings. The summed E-state index contributed by atoms with van der Waals surface area (Å²) in [5.41, 5.74) is 0.644. The summed E-state index contributed by atoms with van der Waals surface area (Å²) in [6.45, 7) is 0.401. The molecule has 7 heteroatoms. The van der Waals surface area contributed by atoms with Crippen LogP contribution in [0.4, 0.5) is 0 Å². The van der Waals surface area contributed by atoms with Crippen LogP contribution < -0.4 is 0 Å². The summed E-state index contributed by atoms with van der Waals surface area (Å²) in [5.74, 6) is -1.71. The first-order chi connectivity index (χ1) is 8.09. The number of aromatic carboxylic acids is 1. The molecule has 0 aromatic carbocycles. The smallest absolute Gasteiger partial charge is 0.358 e. The zero-order valence-electron chi connectivity index (χ0n) is 9.17. The van der Waals surface area contributed by atoms with Gasteiger partial charge in [-0.05, 0) is 19.3 Å². The van der Waals surface area contributed by atoms with Gasteiger partial charge in [0.2, 0.25) is 0 Å². The third-order valence-corrected chi connectivity index (χ3v) is 2.70. The van der Waals surface area contributed by atoms with E-state index in [1.165, 1.54) is 4.68 Å². The minimum absolute atomic E-state index is 0.00262. The summed E-state index contributed by atoms with van der Waals surface area (Å²) >= 11 is 0. The molecule has 17 heavy (non-hydrogen) atoms. The first kappa shape index (κ1) is 11.6. The van der Waals surface area contributed by atoms with Gasteiger partial charge in [-0.2, -0.15) is 0 Å². The van der Waals surface area contributed by atoms with Gasteiger partial charge in [0.05, 0.1) is 5.69 Å². The molecule has 2 N–H and O–H groups in total. The number of carboxylic acid groups (broad SMARTS) is 2. The fourth-order valence-corrected chi connectivity index (χ4v) is 1.78. The summed E-state index contributed by atoms with van der Waals surface area (Å²) in [4.78, 5) is 21.3. The standard InChI is InChI=1S/C10H13N3O4/c14-7(15)2-1-5-13-9(6-3-4-6)8(10(16)17)11-12-13/h6H,1-5H2,(H,14,15)(H,16,17). The highest BCUT2D eigenvalue weighted by Crippen LogP contribution is 2.41. The summed E-state index contributed by atoms with van der Waals surface area (Å²) in [7, 11) is 0. The van der Waals surface area contributed by atoms with Crippen LogP contribution in [0.1, 0.15) is 47.8 Å². The summed E-state index contributed by atoms with van der Waals surface area (Å²) in [5, 5.41) is 24.9. The van der Waals surface area contributed by atoms with Crippen molar-refractivity contribution in [1.82, 2.24) is 15.0 Å². The van der Waals surface area contributed by atoms with E-state index in [1.54, 1.807) is 0 Å². The van der Waals surface area contributed by atoms with E-state index in [9.17, 15) is 9.59 Å². The normalized spacial score (nSPS) is 14.8. The Hall–Kier alpha value is -1.92. The van der Waals surface area contributed by atoms with Gasteiger partial charge in [0.1, 0.15) is 0 Å². The lowest BCUT2D eigenvalue weighted by Crippen LogP contribution is -2.09. The monoisotopic (exact) mass is 239 g/mol. The molecule has 1 aromatic heterocycles. The molecule has 0 saturated heterocycles. The zero-order chi connectivity index (χ0) is 12.4. The van der Waals surface area contributed by atoms with E-state index in [1.807, 2.05) is 0 Å². The van der Waals surface area contributed by atoms with Crippen molar-refractivity contribution in [2.24, 2.45) is 0 Å². The molecular weight excluding hydrogens is 226 g/mol. The molecule has 1 aliphatic carbocycles. The lowest BCUT2D eigenvalue weighted by atomic mass is 10.2. The topological polar surface area (TPSA) is 105 Å². The van der Waals surface area contributed by atoms with Crippen LogP contribution in [0.3, 0.4) is 0 Å². The highest BCUT2D eigenvalue weighted by atomic mass is 16.4. The van der Waals surface area contributed by atoms with Gasteiger partial charge in [0.25, 0.3) is 0 Å². The van der Waals surface area contributed by atoms with Crippen molar-refractivity contribution in [3.05, 3.63) is 11.4 Å². The van der Waals surface area contributed by atoms with Gasteiger partial charge in [-0.1, -0.05) is 5.21 Å². The molecular formula is C10H13N3O4. The Bertz CT molecular complexity index is 450. The van der Waals surface area contributed by atoms with Gasteiger partial charge >= 0.3 is 11.9 Å². The number of carboxylic acids is 2. The van der Waals surface area contributed by atoms with Crippen LogP contribution in [0.2, 0.25) is 0 Å². The Balaban J connectivity index is 2.11. The summed E-state index contributed by atoms with van der Waals surface area (Å²) < 4.78 is 1.53. The van der Waals surface area contributed by atoms with Crippen molar-refractivity contribution in [2.75, 3.05) is 0 Å². The molecule has 1 heterocycles. The average molecular weight is 239 g/mol. The minimum Gasteiger partial charge on any atom is -0.481 e. The lowest BCUT2D eigenvalue weighted by Gasteiger charge is -2.04. The largest absolute Gasteiger partial charge is 0.481 e. The van der Waals surface area contributed by atoms with Crippen LogP contribution in [0, 0.1) is 0 Å². The van der Waals surface area contributed by atoms with Crippen LogP contribution in [0.25, 0.3) is 0 Å². The molecule has 0 amide bonds. The quantitative estimate of drug-likeness (QED) is 0.757. The number of rotatable bonds is 6. The van der Waals surface area contributed by atoms with E-state index < -0.39 is 11.9 Å². The third-order valence-electron chi connectivity index (χ3n) is 2.70. The molecule has 0 unspecified atom stereocenters. The second kappa shape index (κ2) is 4.52. The molecule has 1 aliphatic rings. The first-order valence-electron chi connectivity index (χ1n) is 5.48. The number of hydrogen-bond donors (Lipinski definition) is 2. The van der Waals surface area contributed by atoms with Crippen LogP contribution in [-0.2, 0) is 11.3 Å². The average Bonchev–Trinajstić information content (AvgIpc) is 2.99. The van der Waals surface area contributed by atoms with Gasteiger partial charge in [-0.25, -0.2) is 9.48 Å². The van der Waals surface area contributed by atoms with E-state index in [2.05, 4.69) is 10.3 Å². The second-order valence-electron chi connectivity index (χ2n) is 4.12. The highest BCUT2D eigenvalue weighted by Gasteiger charge is 2.33. The Morgan fingerprint density at radius 1 is 1.35 bits per heavy atom. The predicted octanol–water partition coefficient (Wildman–Crippen LogP) is 0.718. The Morgan fingerprint density at radius 3 is 2.59 bits per heavy atom. The van der Waals surface area contributed by atoms with Crippen molar-refractivity contribution in [1.29, 1.82) is 0 Å². The van der Waals surface area contributed by atoms with Crippen molar-refractivity contribution >= 4 is 11.9 Å². The van der Waals surface area contributed by atoms with Crippen LogP contribution >= 0.6 is 0 Å². The molecule has 7 nitrogen and oxygen atoms in total. The molecule has 0 atom stereocenters. The van der Waals surface area contributed by atoms with E-state index in [0.29, 0.717) is 18.7 Å². The van der Waals surface area contributed by atoms with Gasteiger partial charge in [-0.15, -0.1) is 5.10 Å². The van der Waals surface area contributed by atoms with Crippen molar-refractivity contribution < 1.29 is 19.8 Å². The number of hydrogen-bond acceptors (Lipinski definition) is 4. The second-order valence-corrected chi connectivity index (χ2v) is 4.12. The molecule has 92 valence electrons. The third kappa shape index (κ3) is 2.61. The van der Waals surface area contributed by atoms with Gasteiger partial charge < -0.3 is 10.2 Å². The van der Waals surface area contributed by atoms with E-state index in [-0.39, 0.29) is 18.0 Å². The number of aromatic nitrogens is 3. The van der Waals surface area contributed by atoms with Crippen molar-refractivity contribution in [2.45, 2.75) is 38.1 Å². The van der Waals surface area contributed by atoms with Crippen LogP contribution in [0.15, 0.2) is 0 Å². The number of aliphatic carboxylic acids is 1. The highest BCUT2D eigenvalue weighted by molar-refractivity contribution is 5.86. The van der Waals surface area contributed by atoms with E-state index in [4.69, 9.17) is 10.2 Å². The van der Waals surface area contributed by atoms with E-state index >= 15 is 0 Å². The Kier molecular flexibility index (Phi) is 3.08. The van der Waals surface area contributed by atoms with Crippen molar-refractivity contribution in [3.63, 3.8) is 0 Å². The fraction of sp³-hybridized carbons (Fsp3) is 0.600. The van der Waals surface area contributed by atoms with Gasteiger partial charge in [0.15, 0.2) is 5.69 Å². The predicted molar refractivity (Wildman–Crippen MR) is 55.8 cm³/mol. The zero-order valence-corrected chi connectivity index (χ0v) is 9.17. The SMILES string of the molecule is O=C(O)CCCn1nnc(C(=O)O)c1C1CC1. The number of aryl methyl sites for hydroxylation is 1.